The molecule has 0 aliphatic rings. The van der Waals surface area contributed by atoms with Gasteiger partial charge in [0.05, 0.1) is 7.11 Å². The third-order valence-corrected chi connectivity index (χ3v) is 1.55. The smallest absolute Gasteiger partial charge is 0.282 e. The first-order valence-corrected chi connectivity index (χ1v) is 3.51. The van der Waals surface area contributed by atoms with Gasteiger partial charge in [-0.25, -0.2) is 5.48 Å². The van der Waals surface area contributed by atoms with Gasteiger partial charge >= 0.3 is 0 Å². The van der Waals surface area contributed by atoms with E-state index in [1.54, 1.807) is 0 Å². The molecular formula is C8H9NO4. The number of hydrogen-bond donors (Lipinski definition) is 3. The molecule has 0 spiro atoms. The summed E-state index contributed by atoms with van der Waals surface area (Å²) in [5.74, 6) is -0.854. The highest BCUT2D eigenvalue weighted by atomic mass is 16.5. The predicted molar refractivity (Wildman–Crippen MR) is 43.9 cm³/mol. The lowest BCUT2D eigenvalue weighted by Crippen LogP contribution is -2.19. The molecule has 0 atom stereocenters. The highest BCUT2D eigenvalue weighted by Gasteiger charge is 2.15. The van der Waals surface area contributed by atoms with E-state index in [2.05, 4.69) is 0 Å². The lowest BCUT2D eigenvalue weighted by atomic mass is 10.1. The van der Waals surface area contributed by atoms with Crippen LogP contribution in [0.1, 0.15) is 10.4 Å². The van der Waals surface area contributed by atoms with Crippen molar-refractivity contribution in [3.05, 3.63) is 23.8 Å². The van der Waals surface area contributed by atoms with Crippen molar-refractivity contribution in [1.29, 1.82) is 0 Å². The van der Waals surface area contributed by atoms with Crippen molar-refractivity contribution >= 4 is 5.91 Å². The number of hydroxylamine groups is 1. The topological polar surface area (TPSA) is 78.8 Å². The fourth-order valence-corrected chi connectivity index (χ4v) is 0.974. The molecule has 0 bridgehead atoms. The van der Waals surface area contributed by atoms with E-state index in [-0.39, 0.29) is 17.1 Å². The summed E-state index contributed by atoms with van der Waals surface area (Å²) < 4.78 is 4.82. The number of hydrogen-bond acceptors (Lipinski definition) is 4. The quantitative estimate of drug-likeness (QED) is 0.461. The summed E-state index contributed by atoms with van der Waals surface area (Å²) in [5, 5.41) is 17.6. The molecule has 1 aromatic rings. The van der Waals surface area contributed by atoms with Crippen molar-refractivity contribution in [2.45, 2.75) is 0 Å². The molecule has 1 amide bonds. The van der Waals surface area contributed by atoms with Crippen LogP contribution in [0.5, 0.6) is 11.5 Å². The van der Waals surface area contributed by atoms with Crippen LogP contribution < -0.4 is 10.2 Å². The van der Waals surface area contributed by atoms with Crippen molar-refractivity contribution in [3.63, 3.8) is 0 Å². The van der Waals surface area contributed by atoms with Crippen LogP contribution in [0.3, 0.4) is 0 Å². The molecule has 0 radical (unpaired) electrons. The normalized spacial score (nSPS) is 9.38. The molecule has 0 fully saturated rings. The number of amides is 1. The minimum atomic E-state index is -0.810. The zero-order valence-electron chi connectivity index (χ0n) is 6.94. The van der Waals surface area contributed by atoms with E-state index < -0.39 is 5.91 Å². The number of aromatic hydroxyl groups is 1. The first kappa shape index (κ1) is 9.34. The molecule has 70 valence electrons. The van der Waals surface area contributed by atoms with E-state index in [0.29, 0.717) is 0 Å². The first-order valence-electron chi connectivity index (χ1n) is 3.51. The van der Waals surface area contributed by atoms with E-state index in [0.717, 1.165) is 0 Å². The highest BCUT2D eigenvalue weighted by Crippen LogP contribution is 2.26. The molecule has 0 unspecified atom stereocenters. The van der Waals surface area contributed by atoms with Gasteiger partial charge in [0.15, 0.2) is 0 Å². The Morgan fingerprint density at radius 2 is 2.23 bits per heavy atom. The van der Waals surface area contributed by atoms with Crippen LogP contribution in [0.15, 0.2) is 18.2 Å². The molecule has 0 aliphatic heterocycles. The SMILES string of the molecule is COc1cccc(O)c1C(=O)NO. The number of carbonyl (C=O) groups is 1. The van der Waals surface area contributed by atoms with Gasteiger partial charge in [-0.2, -0.15) is 0 Å². The van der Waals surface area contributed by atoms with Gasteiger partial charge in [0.2, 0.25) is 0 Å². The van der Waals surface area contributed by atoms with E-state index in [1.165, 1.54) is 30.8 Å². The third kappa shape index (κ3) is 1.70. The lowest BCUT2D eigenvalue weighted by molar-refractivity contribution is 0.0700. The Labute approximate surface area is 74.5 Å². The Morgan fingerprint density at radius 3 is 2.77 bits per heavy atom. The van der Waals surface area contributed by atoms with Crippen molar-refractivity contribution in [2.24, 2.45) is 0 Å². The van der Waals surface area contributed by atoms with Crippen LogP contribution in [0.2, 0.25) is 0 Å². The highest BCUT2D eigenvalue weighted by molar-refractivity contribution is 5.98. The van der Waals surface area contributed by atoms with Gasteiger partial charge in [0, 0.05) is 0 Å². The van der Waals surface area contributed by atoms with E-state index >= 15 is 0 Å². The number of phenolic OH excluding ortho intramolecular Hbond substituents is 1. The van der Waals surface area contributed by atoms with Crippen LogP contribution in [-0.2, 0) is 0 Å². The van der Waals surface area contributed by atoms with E-state index in [1.807, 2.05) is 0 Å². The van der Waals surface area contributed by atoms with Crippen molar-refractivity contribution in [2.75, 3.05) is 7.11 Å². The van der Waals surface area contributed by atoms with Crippen molar-refractivity contribution in [3.8, 4) is 11.5 Å². The molecule has 5 nitrogen and oxygen atoms in total. The first-order chi connectivity index (χ1) is 6.20. The summed E-state index contributed by atoms with van der Waals surface area (Å²) >= 11 is 0. The number of nitrogens with one attached hydrogen (secondary N) is 1. The van der Waals surface area contributed by atoms with Gasteiger partial charge in [0.1, 0.15) is 17.1 Å². The fraction of sp³-hybridized carbons (Fsp3) is 0.125. The predicted octanol–water partition coefficient (Wildman–Crippen LogP) is 0.520. The summed E-state index contributed by atoms with van der Waals surface area (Å²) in [6.45, 7) is 0. The second-order valence-corrected chi connectivity index (χ2v) is 2.30. The van der Waals surface area contributed by atoms with Crippen LogP contribution in [0.4, 0.5) is 0 Å². The summed E-state index contributed by atoms with van der Waals surface area (Å²) in [6, 6.07) is 4.36. The Kier molecular flexibility index (Phi) is 2.71. The molecule has 0 heterocycles. The maximum atomic E-state index is 11.0. The van der Waals surface area contributed by atoms with Crippen molar-refractivity contribution < 1.29 is 19.8 Å². The van der Waals surface area contributed by atoms with Gasteiger partial charge < -0.3 is 9.84 Å². The minimum absolute atomic E-state index is 0.0903. The Morgan fingerprint density at radius 1 is 1.54 bits per heavy atom. The molecule has 3 N–H and O–H groups in total. The van der Waals surface area contributed by atoms with Gasteiger partial charge in [0.25, 0.3) is 5.91 Å². The number of ether oxygens (including phenoxy) is 1. The molecule has 0 saturated carbocycles. The second kappa shape index (κ2) is 3.77. The maximum absolute atomic E-state index is 11.0. The Hall–Kier alpha value is -1.75. The molecule has 0 aliphatic carbocycles. The number of phenols is 1. The molecule has 0 aromatic heterocycles. The Balaban J connectivity index is 3.22. The zero-order valence-corrected chi connectivity index (χ0v) is 6.94. The number of carbonyl (C=O) groups excluding carboxylic acids is 1. The van der Waals surface area contributed by atoms with E-state index in [9.17, 15) is 9.90 Å². The summed E-state index contributed by atoms with van der Waals surface area (Å²) in [5.41, 5.74) is 1.33. The Bertz CT molecular complexity index is 324. The average molecular weight is 183 g/mol. The largest absolute Gasteiger partial charge is 0.507 e. The average Bonchev–Trinajstić information content (AvgIpc) is 2.16. The number of rotatable bonds is 2. The summed E-state index contributed by atoms with van der Waals surface area (Å²) in [6.07, 6.45) is 0. The molecule has 13 heavy (non-hydrogen) atoms. The van der Waals surface area contributed by atoms with Gasteiger partial charge in [-0.3, -0.25) is 10.0 Å². The molecule has 5 heteroatoms. The minimum Gasteiger partial charge on any atom is -0.507 e. The molecule has 1 rings (SSSR count). The van der Waals surface area contributed by atoms with Crippen LogP contribution in [0.25, 0.3) is 0 Å². The number of benzene rings is 1. The lowest BCUT2D eigenvalue weighted by Gasteiger charge is -2.07. The van der Waals surface area contributed by atoms with Crippen molar-refractivity contribution in [1.82, 2.24) is 5.48 Å². The molecular weight excluding hydrogens is 174 g/mol. The summed E-state index contributed by atoms with van der Waals surface area (Å²) in [4.78, 5) is 11.0. The maximum Gasteiger partial charge on any atom is 0.282 e. The monoisotopic (exact) mass is 183 g/mol. The van der Waals surface area contributed by atoms with Crippen LogP contribution in [-0.4, -0.2) is 23.3 Å². The zero-order chi connectivity index (χ0) is 9.84. The number of methoxy groups -OCH3 is 1. The fourth-order valence-electron chi connectivity index (χ4n) is 0.974. The van der Waals surface area contributed by atoms with Crippen LogP contribution >= 0.6 is 0 Å². The standard InChI is InChI=1S/C8H9NO4/c1-13-6-4-2-3-5(10)7(6)8(11)9-12/h2-4,10,12H,1H3,(H,9,11). The van der Waals surface area contributed by atoms with Gasteiger partial charge in [-0.05, 0) is 12.1 Å². The third-order valence-electron chi connectivity index (χ3n) is 1.55. The second-order valence-electron chi connectivity index (χ2n) is 2.30. The van der Waals surface area contributed by atoms with E-state index in [4.69, 9.17) is 9.94 Å². The molecule has 0 saturated heterocycles. The molecule has 1 aromatic carbocycles. The van der Waals surface area contributed by atoms with Gasteiger partial charge in [-0.1, -0.05) is 6.07 Å². The summed E-state index contributed by atoms with van der Waals surface area (Å²) in [7, 11) is 1.36. The van der Waals surface area contributed by atoms with Gasteiger partial charge in [-0.15, -0.1) is 0 Å². The van der Waals surface area contributed by atoms with Crippen LogP contribution in [0, 0.1) is 0 Å².